The fourth-order valence-corrected chi connectivity index (χ4v) is 3.09. The quantitative estimate of drug-likeness (QED) is 0.456. The molecule has 4 aromatic rings. The summed E-state index contributed by atoms with van der Waals surface area (Å²) < 4.78 is 2.29. The molecule has 3 heteroatoms. The molecule has 0 bridgehead atoms. The van der Waals surface area contributed by atoms with Crippen molar-refractivity contribution in [2.75, 3.05) is 0 Å². The van der Waals surface area contributed by atoms with Gasteiger partial charge in [0.2, 0.25) is 11.0 Å². The lowest BCUT2D eigenvalue weighted by atomic mass is 10.1. The second-order valence-electron chi connectivity index (χ2n) is 5.10. The first-order chi connectivity index (χ1) is 9.27. The van der Waals surface area contributed by atoms with Crippen molar-refractivity contribution in [1.29, 1.82) is 0 Å². The van der Waals surface area contributed by atoms with Gasteiger partial charge in [-0.3, -0.25) is 0 Å². The van der Waals surface area contributed by atoms with Crippen LogP contribution >= 0.6 is 0 Å². The normalized spacial score (nSPS) is 11.1. The molecule has 0 aliphatic carbocycles. The lowest BCUT2D eigenvalue weighted by Crippen LogP contribution is -3.00. The summed E-state index contributed by atoms with van der Waals surface area (Å²) in [5, 5.41) is 2.60. The van der Waals surface area contributed by atoms with E-state index in [1.54, 1.807) is 0 Å². The molecule has 2 nitrogen and oxygen atoms in total. The van der Waals surface area contributed by atoms with Gasteiger partial charge in [0.25, 0.3) is 0 Å². The molecular formula is C17H15ClN2. The Labute approximate surface area is 123 Å². The van der Waals surface area contributed by atoms with Crippen LogP contribution in [0.4, 0.5) is 0 Å². The van der Waals surface area contributed by atoms with E-state index in [1.807, 2.05) is 0 Å². The van der Waals surface area contributed by atoms with Gasteiger partial charge in [-0.15, -0.1) is 0 Å². The Morgan fingerprint density at radius 2 is 1.55 bits per heavy atom. The Hall–Kier alpha value is -2.06. The van der Waals surface area contributed by atoms with Crippen molar-refractivity contribution in [1.82, 2.24) is 4.98 Å². The molecule has 0 aliphatic rings. The van der Waals surface area contributed by atoms with Gasteiger partial charge in [-0.05, 0) is 30.7 Å². The number of hydrogen-bond donors (Lipinski definition) is 1. The fraction of sp³-hybridized carbons (Fsp3) is 0.118. The van der Waals surface area contributed by atoms with Crippen molar-refractivity contribution in [3.05, 3.63) is 54.1 Å². The van der Waals surface area contributed by atoms with E-state index in [0.29, 0.717) is 0 Å². The molecule has 0 saturated heterocycles. The predicted octanol–water partition coefficient (Wildman–Crippen LogP) is 0.611. The Bertz CT molecular complexity index is 938. The zero-order chi connectivity index (χ0) is 13.0. The molecule has 0 fully saturated rings. The number of pyridine rings is 1. The van der Waals surface area contributed by atoms with Crippen LogP contribution in [0.5, 0.6) is 0 Å². The lowest BCUT2D eigenvalue weighted by molar-refractivity contribution is -0.616. The number of aromatic amines is 1. The highest BCUT2D eigenvalue weighted by Gasteiger charge is 2.19. The molecule has 0 aliphatic heterocycles. The zero-order valence-corrected chi connectivity index (χ0v) is 12.2. The number of fused-ring (bicyclic) bond motifs is 4. The van der Waals surface area contributed by atoms with Gasteiger partial charge in [0.15, 0.2) is 0 Å². The van der Waals surface area contributed by atoms with Gasteiger partial charge in [0.1, 0.15) is 12.6 Å². The minimum absolute atomic E-state index is 0. The molecule has 0 radical (unpaired) electrons. The van der Waals surface area contributed by atoms with Crippen LogP contribution in [-0.4, -0.2) is 4.98 Å². The third kappa shape index (κ3) is 1.55. The van der Waals surface area contributed by atoms with Crippen LogP contribution in [0.1, 0.15) is 5.56 Å². The summed E-state index contributed by atoms with van der Waals surface area (Å²) in [6.07, 6.45) is 0. The minimum atomic E-state index is 0. The van der Waals surface area contributed by atoms with Gasteiger partial charge in [-0.2, -0.15) is 4.57 Å². The number of nitrogens with one attached hydrogen (secondary N) is 1. The van der Waals surface area contributed by atoms with Crippen molar-refractivity contribution in [3.63, 3.8) is 0 Å². The summed E-state index contributed by atoms with van der Waals surface area (Å²) in [6.45, 7) is 2.19. The van der Waals surface area contributed by atoms with Crippen LogP contribution in [0.15, 0.2) is 48.5 Å². The summed E-state index contributed by atoms with van der Waals surface area (Å²) in [5.74, 6) is 0. The van der Waals surface area contributed by atoms with Crippen LogP contribution in [-0.2, 0) is 7.05 Å². The summed E-state index contributed by atoms with van der Waals surface area (Å²) in [7, 11) is 2.14. The number of benzene rings is 2. The van der Waals surface area contributed by atoms with E-state index in [2.05, 4.69) is 72.1 Å². The molecule has 4 rings (SSSR count). The average molecular weight is 283 g/mol. The Balaban J connectivity index is 0.00000121. The maximum Gasteiger partial charge on any atom is 0.238 e. The van der Waals surface area contributed by atoms with Gasteiger partial charge in [0, 0.05) is 6.07 Å². The number of aryl methyl sites for hydroxylation is 2. The van der Waals surface area contributed by atoms with Gasteiger partial charge in [0.05, 0.1) is 16.3 Å². The van der Waals surface area contributed by atoms with Gasteiger partial charge in [-0.1, -0.05) is 24.3 Å². The number of para-hydroxylation sites is 2. The zero-order valence-electron chi connectivity index (χ0n) is 11.4. The third-order valence-corrected chi connectivity index (χ3v) is 4.06. The molecule has 0 amide bonds. The number of hydrogen-bond acceptors (Lipinski definition) is 0. The molecule has 2 aromatic carbocycles. The maximum atomic E-state index is 3.56. The van der Waals surface area contributed by atoms with E-state index in [-0.39, 0.29) is 12.4 Å². The summed E-state index contributed by atoms with van der Waals surface area (Å²) in [5.41, 5.74) is 6.32. The van der Waals surface area contributed by atoms with Crippen LogP contribution < -0.4 is 17.0 Å². The van der Waals surface area contributed by atoms with Gasteiger partial charge in [-0.25, -0.2) is 0 Å². The van der Waals surface area contributed by atoms with Crippen molar-refractivity contribution in [3.8, 4) is 0 Å². The van der Waals surface area contributed by atoms with Crippen molar-refractivity contribution >= 4 is 32.8 Å². The number of aromatic nitrogens is 2. The van der Waals surface area contributed by atoms with Crippen molar-refractivity contribution in [2.24, 2.45) is 7.05 Å². The van der Waals surface area contributed by atoms with Crippen molar-refractivity contribution in [2.45, 2.75) is 6.92 Å². The van der Waals surface area contributed by atoms with Crippen LogP contribution in [0.2, 0.25) is 0 Å². The second kappa shape index (κ2) is 4.50. The van der Waals surface area contributed by atoms with E-state index in [9.17, 15) is 0 Å². The topological polar surface area (TPSA) is 19.7 Å². The molecule has 2 aromatic heterocycles. The smallest absolute Gasteiger partial charge is 0.238 e. The second-order valence-corrected chi connectivity index (χ2v) is 5.10. The predicted molar refractivity (Wildman–Crippen MR) is 79.2 cm³/mol. The highest BCUT2D eigenvalue weighted by molar-refractivity contribution is 6.07. The summed E-state index contributed by atoms with van der Waals surface area (Å²) in [6, 6.07) is 17.1. The Kier molecular flexibility index (Phi) is 2.91. The van der Waals surface area contributed by atoms with Gasteiger partial charge < -0.3 is 17.4 Å². The first-order valence-electron chi connectivity index (χ1n) is 6.55. The lowest BCUT2D eigenvalue weighted by Gasteiger charge is -2.02. The minimum Gasteiger partial charge on any atom is -1.00 e. The molecule has 0 spiro atoms. The molecule has 100 valence electrons. The third-order valence-electron chi connectivity index (χ3n) is 4.06. The molecule has 0 atom stereocenters. The number of rotatable bonds is 0. The Morgan fingerprint density at radius 1 is 0.900 bits per heavy atom. The summed E-state index contributed by atoms with van der Waals surface area (Å²) >= 11 is 0. The summed E-state index contributed by atoms with van der Waals surface area (Å²) in [4.78, 5) is 3.56. The highest BCUT2D eigenvalue weighted by atomic mass is 35.5. The number of H-pyrrole nitrogens is 1. The number of nitrogens with zero attached hydrogens (tertiary/aromatic N) is 1. The molecule has 20 heavy (non-hydrogen) atoms. The molecule has 0 saturated carbocycles. The standard InChI is InChI=1S/C17H14N2.ClH/c1-11-12-7-4-6-10-15(12)19(2)17-13-8-3-5-9-14(13)18-16(11)17;/h3-10H,1-2H3;1H. The van der Waals surface area contributed by atoms with E-state index >= 15 is 0 Å². The average Bonchev–Trinajstić information content (AvgIpc) is 2.84. The first kappa shape index (κ1) is 12.9. The monoisotopic (exact) mass is 282 g/mol. The van der Waals surface area contributed by atoms with Gasteiger partial charge >= 0.3 is 0 Å². The van der Waals surface area contributed by atoms with E-state index < -0.39 is 0 Å². The SMILES string of the molecule is Cc1c2ccccc2[n+](C)c2c1[nH]c1ccccc12.[Cl-]. The molecule has 1 N–H and O–H groups in total. The molecule has 0 unspecified atom stereocenters. The largest absolute Gasteiger partial charge is 1.00 e. The van der Waals surface area contributed by atoms with Crippen LogP contribution in [0.3, 0.4) is 0 Å². The van der Waals surface area contributed by atoms with E-state index in [4.69, 9.17) is 0 Å². The highest BCUT2D eigenvalue weighted by Crippen LogP contribution is 2.28. The maximum absolute atomic E-state index is 3.56. The van der Waals surface area contributed by atoms with Crippen LogP contribution in [0, 0.1) is 6.92 Å². The first-order valence-corrected chi connectivity index (χ1v) is 6.55. The fourth-order valence-electron chi connectivity index (χ4n) is 3.09. The van der Waals surface area contributed by atoms with E-state index in [1.165, 1.54) is 38.4 Å². The van der Waals surface area contributed by atoms with Crippen LogP contribution in [0.25, 0.3) is 32.8 Å². The van der Waals surface area contributed by atoms with Crippen molar-refractivity contribution < 1.29 is 17.0 Å². The molecule has 2 heterocycles. The molecular weight excluding hydrogens is 268 g/mol. The van der Waals surface area contributed by atoms with E-state index in [0.717, 1.165) is 0 Å². The number of halogens is 1. The Morgan fingerprint density at radius 3 is 2.35 bits per heavy atom.